The number of carbonyl (C=O) groups is 1. The normalized spacial score (nSPS) is 30.1. The number of aromatic amines is 1. The van der Waals surface area contributed by atoms with Crippen molar-refractivity contribution in [2.75, 3.05) is 26.4 Å². The highest BCUT2D eigenvalue weighted by Gasteiger charge is 2.68. The Morgan fingerprint density at radius 1 is 1.10 bits per heavy atom. The number of phosphoric ester groups is 1. The van der Waals surface area contributed by atoms with Crippen LogP contribution < -0.4 is 5.56 Å². The summed E-state index contributed by atoms with van der Waals surface area (Å²) in [6.07, 6.45) is -6.99. The molecule has 0 aliphatic carbocycles. The van der Waals surface area contributed by atoms with Crippen LogP contribution in [0.2, 0.25) is 22.2 Å². The van der Waals surface area contributed by atoms with E-state index in [1.807, 2.05) is 33.8 Å². The van der Waals surface area contributed by atoms with E-state index in [0.29, 0.717) is 0 Å². The Hall–Kier alpha value is -2.95. The first-order chi connectivity index (χ1) is 29.8. The maximum absolute atomic E-state index is 15.7. The van der Waals surface area contributed by atoms with Crippen LogP contribution in [0.15, 0.2) is 47.7 Å². The van der Waals surface area contributed by atoms with Gasteiger partial charge in [-0.05, 0) is 22.2 Å². The molecule has 4 saturated heterocycles. The van der Waals surface area contributed by atoms with Gasteiger partial charge in [0.2, 0.25) is 0 Å². The van der Waals surface area contributed by atoms with Crippen LogP contribution in [0.4, 0.5) is 4.39 Å². The molecule has 2 unspecified atom stereocenters. The summed E-state index contributed by atoms with van der Waals surface area (Å²) in [6.45, 7) is 14.6. The van der Waals surface area contributed by atoms with Crippen LogP contribution in [0.3, 0.4) is 0 Å². The Morgan fingerprint density at radius 3 is 2.41 bits per heavy atom. The van der Waals surface area contributed by atoms with Crippen molar-refractivity contribution in [3.63, 3.8) is 0 Å². The van der Waals surface area contributed by atoms with Gasteiger partial charge in [0.05, 0.1) is 45.2 Å². The van der Waals surface area contributed by atoms with Gasteiger partial charge in [0.1, 0.15) is 29.8 Å². The SMILES string of the molecule is CC(C)[Si]1(C(C)C)OC[C@H]2O[C@@H](n3cc(F)c4c(=O)[nH]cnc43)[C@H](OP(=O)(OCCC#N)OC[C@@]34CO[C@@H]([C@H](C(=O)c5ccccc5)O3)[C@@H]4O[P+](=O)O)[C@@H]2O[Si](C(C)C)(C(C)C)O1. The maximum Gasteiger partial charge on any atom is 0.695 e. The van der Waals surface area contributed by atoms with E-state index in [-0.39, 0.29) is 58.4 Å². The first kappa shape index (κ1) is 48.0. The number of nitrogens with one attached hydrogen (secondary N) is 1. The highest BCUT2D eigenvalue weighted by Crippen LogP contribution is 2.58. The molecule has 7 rings (SSSR count). The standard InChI is InChI=1S/C39H53FN4O15P2Si2/c1-22(2)62(23(3)4)53-18-28-31(58-63(59-62,24(5)6)25(7)8)34(38(54-28)44-17-27(40)29-36(44)42-21-43-37(29)46)57-61(49,51-16-12-15-41)52-20-39-19-50-33(35(39)56-60(47)48)32(55-39)30(45)26-13-10-9-11-14-26/h9-11,13-14,17,21-25,28,31-35,38H,12,16,18-20H2,1-8H3,(H-,42,43,46,47,48)/p+1/t28-,31-,32+,33+,34-,35+,38-,39-,61?/m1/s1. The summed E-state index contributed by atoms with van der Waals surface area (Å²) in [6, 6.07) is 10.1. The third kappa shape index (κ3) is 8.89. The van der Waals surface area contributed by atoms with E-state index < -0.39 is 112 Å². The lowest BCUT2D eigenvalue weighted by Gasteiger charge is -2.51. The maximum atomic E-state index is 15.7. The number of carbonyl (C=O) groups excluding carboxylic acids is 1. The van der Waals surface area contributed by atoms with Crippen LogP contribution in [-0.2, 0) is 54.4 Å². The highest BCUT2D eigenvalue weighted by atomic mass is 31.2. The largest absolute Gasteiger partial charge is 0.695 e. The van der Waals surface area contributed by atoms with Gasteiger partial charge in [0, 0.05) is 16.3 Å². The van der Waals surface area contributed by atoms with Crippen molar-refractivity contribution in [2.24, 2.45) is 0 Å². The summed E-state index contributed by atoms with van der Waals surface area (Å²) in [7, 11) is -14.8. The number of phosphoric acid groups is 1. The number of aromatic nitrogens is 3. The molecule has 19 nitrogen and oxygen atoms in total. The number of nitriles is 1. The van der Waals surface area contributed by atoms with Gasteiger partial charge >= 0.3 is 33.2 Å². The van der Waals surface area contributed by atoms with E-state index in [2.05, 4.69) is 37.7 Å². The highest BCUT2D eigenvalue weighted by molar-refractivity contribution is 7.48. The minimum Gasteiger partial charge on any atom is -0.414 e. The van der Waals surface area contributed by atoms with Crippen molar-refractivity contribution in [1.82, 2.24) is 14.5 Å². The molecule has 4 aliphatic heterocycles. The fourth-order valence-electron chi connectivity index (χ4n) is 9.09. The minimum atomic E-state index is -4.98. The fourth-order valence-corrected chi connectivity index (χ4v) is 22.2. The third-order valence-electron chi connectivity index (χ3n) is 12.2. The molecule has 0 spiro atoms. The first-order valence-corrected chi connectivity index (χ1v) is 27.4. The van der Waals surface area contributed by atoms with Gasteiger partial charge in [-0.15, -0.1) is 9.42 Å². The summed E-state index contributed by atoms with van der Waals surface area (Å²) in [5.74, 6) is -1.42. The number of Topliss-reactive ketones (excluding diaryl/α,β-unsaturated/α-hetero) is 1. The molecule has 2 N–H and O–H groups in total. The quantitative estimate of drug-likeness (QED) is 0.0626. The number of hydrogen-bond donors (Lipinski definition) is 2. The van der Waals surface area contributed by atoms with Gasteiger partial charge in [-0.25, -0.2) is 13.9 Å². The van der Waals surface area contributed by atoms with Crippen molar-refractivity contribution < 1.29 is 68.5 Å². The molecule has 0 saturated carbocycles. The predicted molar refractivity (Wildman–Crippen MR) is 225 cm³/mol. The van der Waals surface area contributed by atoms with Gasteiger partial charge < -0.3 is 36.7 Å². The van der Waals surface area contributed by atoms with Crippen LogP contribution in [0, 0.1) is 17.1 Å². The van der Waals surface area contributed by atoms with E-state index in [0.717, 1.165) is 12.5 Å². The van der Waals surface area contributed by atoms with Gasteiger partial charge in [-0.2, -0.15) is 5.26 Å². The fraction of sp³-hybridized carbons (Fsp3) is 0.641. The zero-order chi connectivity index (χ0) is 45.6. The van der Waals surface area contributed by atoms with Crippen molar-refractivity contribution in [2.45, 2.75) is 132 Å². The molecule has 24 heteroatoms. The number of benzene rings is 1. The molecular formula is C39H54FN4O15P2Si2+. The summed E-state index contributed by atoms with van der Waals surface area (Å²) in [5, 5.41) is 9.10. The number of ketones is 1. The van der Waals surface area contributed by atoms with Crippen LogP contribution in [0.1, 0.15) is 78.4 Å². The Balaban J connectivity index is 1.31. The van der Waals surface area contributed by atoms with E-state index in [1.54, 1.807) is 30.3 Å². The molecule has 0 radical (unpaired) electrons. The van der Waals surface area contributed by atoms with Gasteiger partial charge in [0.15, 0.2) is 41.3 Å². The van der Waals surface area contributed by atoms with Crippen molar-refractivity contribution >= 4 is 50.0 Å². The lowest BCUT2D eigenvalue weighted by molar-refractivity contribution is -0.146. The number of fused-ring (bicyclic) bond motifs is 4. The Kier molecular flexibility index (Phi) is 14.3. The van der Waals surface area contributed by atoms with Crippen LogP contribution >= 0.6 is 16.1 Å². The van der Waals surface area contributed by atoms with Crippen molar-refractivity contribution in [3.8, 4) is 6.07 Å². The van der Waals surface area contributed by atoms with Gasteiger partial charge in [-0.1, -0.05) is 85.7 Å². The molecule has 3 aromatic rings. The molecule has 0 amide bonds. The van der Waals surface area contributed by atoms with E-state index >= 15 is 8.96 Å². The zero-order valence-electron chi connectivity index (χ0n) is 36.2. The molecule has 10 atom stereocenters. The average molecular weight is 956 g/mol. The minimum absolute atomic E-state index is 0.0254. The average Bonchev–Trinajstić information content (AvgIpc) is 3.94. The Bertz CT molecular complexity index is 2300. The lowest BCUT2D eigenvalue weighted by atomic mass is 9.97. The monoisotopic (exact) mass is 955 g/mol. The van der Waals surface area contributed by atoms with Crippen molar-refractivity contribution in [1.29, 1.82) is 5.26 Å². The molecule has 2 aromatic heterocycles. The molecule has 2 bridgehead atoms. The number of nitrogens with zero attached hydrogens (tertiary/aromatic N) is 3. The molecular weight excluding hydrogens is 902 g/mol. The Morgan fingerprint density at radius 2 is 1.78 bits per heavy atom. The smallest absolute Gasteiger partial charge is 0.414 e. The van der Waals surface area contributed by atoms with Gasteiger partial charge in [-0.3, -0.25) is 23.2 Å². The van der Waals surface area contributed by atoms with Crippen LogP contribution in [0.5, 0.6) is 0 Å². The molecule has 4 fully saturated rings. The number of hydrogen-bond acceptors (Lipinski definition) is 16. The lowest BCUT2D eigenvalue weighted by Crippen LogP contribution is -2.65. The second-order valence-corrected chi connectivity index (χ2v) is 28.5. The van der Waals surface area contributed by atoms with E-state index in [4.69, 9.17) is 45.3 Å². The summed E-state index contributed by atoms with van der Waals surface area (Å²) < 4.78 is 109. The predicted octanol–water partition coefficient (Wildman–Crippen LogP) is 6.61. The second kappa shape index (κ2) is 18.7. The van der Waals surface area contributed by atoms with Crippen LogP contribution in [0.25, 0.3) is 11.0 Å². The van der Waals surface area contributed by atoms with Gasteiger partial charge in [0.25, 0.3) is 5.56 Å². The number of ether oxygens (including phenoxy) is 3. The number of rotatable bonds is 17. The second-order valence-electron chi connectivity index (χ2n) is 17.3. The summed E-state index contributed by atoms with van der Waals surface area (Å²) >= 11 is 0. The molecule has 63 heavy (non-hydrogen) atoms. The molecule has 1 aromatic carbocycles. The molecule has 6 heterocycles. The first-order valence-electron chi connectivity index (χ1n) is 20.9. The van der Waals surface area contributed by atoms with Crippen molar-refractivity contribution in [3.05, 3.63) is 64.6 Å². The summed E-state index contributed by atoms with van der Waals surface area (Å²) in [4.78, 5) is 43.1. The molecule has 344 valence electrons. The topological polar surface area (TPSA) is 238 Å². The van der Waals surface area contributed by atoms with Crippen LogP contribution in [-0.4, -0.2) is 111 Å². The zero-order valence-corrected chi connectivity index (χ0v) is 40.0. The number of H-pyrrole nitrogens is 1. The van der Waals surface area contributed by atoms with E-state index in [9.17, 15) is 24.3 Å². The van der Waals surface area contributed by atoms with E-state index in [1.165, 1.54) is 4.57 Å². The summed E-state index contributed by atoms with van der Waals surface area (Å²) in [5.41, 5.74) is -2.80. The Labute approximate surface area is 366 Å². The number of halogens is 1. The third-order valence-corrected chi connectivity index (χ3v) is 24.3. The molecule has 4 aliphatic rings.